The predicted octanol–water partition coefficient (Wildman–Crippen LogP) is -0.834. The van der Waals surface area contributed by atoms with Crippen molar-refractivity contribution in [3.05, 3.63) is 0 Å². The summed E-state index contributed by atoms with van der Waals surface area (Å²) in [4.78, 5) is 10.9. The van der Waals surface area contributed by atoms with E-state index in [0.717, 1.165) is 10.6 Å². The lowest BCUT2D eigenvalue weighted by atomic mass is 10.3. The Kier molecular flexibility index (Phi) is 4.12. The van der Waals surface area contributed by atoms with Gasteiger partial charge in [-0.1, -0.05) is 0 Å². The van der Waals surface area contributed by atoms with Gasteiger partial charge in [0.05, 0.1) is 5.37 Å². The number of hydrogen-bond acceptors (Lipinski definition) is 6. The summed E-state index contributed by atoms with van der Waals surface area (Å²) in [5.41, 5.74) is 0. The third-order valence-corrected chi connectivity index (χ3v) is 7.60. The number of carboxylic acids is 1. The van der Waals surface area contributed by atoms with Crippen LogP contribution >= 0.6 is 11.8 Å². The average molecular weight is 303 g/mol. The van der Waals surface area contributed by atoms with Crippen molar-refractivity contribution >= 4 is 37.6 Å². The zero-order valence-electron chi connectivity index (χ0n) is 9.23. The molecule has 0 aromatic rings. The highest BCUT2D eigenvalue weighted by Crippen LogP contribution is 2.31. The molecule has 10 heteroatoms. The highest BCUT2D eigenvalue weighted by Gasteiger charge is 2.44. The van der Waals surface area contributed by atoms with Crippen LogP contribution in [0.25, 0.3) is 0 Å². The molecule has 0 aromatic heterocycles. The molecule has 2 unspecified atom stereocenters. The molecule has 0 radical (unpaired) electrons. The fraction of sp³-hybridized carbons (Fsp3) is 0.857. The Hall–Kier alpha value is -0.320. The minimum absolute atomic E-state index is 0.124. The molecule has 0 spiro atoms. The smallest absolute Gasteiger partial charge is 0.322 e. The van der Waals surface area contributed by atoms with E-state index in [1.165, 1.54) is 18.7 Å². The number of thioether (sulfide) groups is 1. The first-order chi connectivity index (χ1) is 7.54. The van der Waals surface area contributed by atoms with E-state index in [-0.39, 0.29) is 5.75 Å². The van der Waals surface area contributed by atoms with Crippen LogP contribution < -0.4 is 0 Å². The highest BCUT2D eigenvalue weighted by atomic mass is 32.3. The first-order valence-corrected chi connectivity index (χ1v) is 9.30. The zero-order chi connectivity index (χ0) is 13.4. The number of carboxylic acid groups (broad SMARTS) is 1. The summed E-state index contributed by atoms with van der Waals surface area (Å²) in [7, 11) is -7.84. The molecular formula is C7H13NO6S3. The van der Waals surface area contributed by atoms with Crippen molar-refractivity contribution in [3.63, 3.8) is 0 Å². The van der Waals surface area contributed by atoms with E-state index in [4.69, 9.17) is 5.11 Å². The lowest BCUT2D eigenvalue weighted by molar-refractivity contribution is -0.140. The minimum atomic E-state index is -4.12. The molecule has 100 valence electrons. The van der Waals surface area contributed by atoms with Gasteiger partial charge in [-0.2, -0.15) is 4.31 Å². The molecule has 17 heavy (non-hydrogen) atoms. The first kappa shape index (κ1) is 14.7. The Morgan fingerprint density at radius 2 is 1.94 bits per heavy atom. The molecule has 2 atom stereocenters. The van der Waals surface area contributed by atoms with Crippen LogP contribution in [0.5, 0.6) is 0 Å². The van der Waals surface area contributed by atoms with Gasteiger partial charge in [0, 0.05) is 12.0 Å². The van der Waals surface area contributed by atoms with Gasteiger partial charge in [0.15, 0.2) is 14.9 Å². The van der Waals surface area contributed by atoms with E-state index in [2.05, 4.69) is 0 Å². The van der Waals surface area contributed by atoms with Crippen molar-refractivity contribution in [2.24, 2.45) is 0 Å². The summed E-state index contributed by atoms with van der Waals surface area (Å²) in [6, 6.07) is -1.19. The second-order valence-corrected chi connectivity index (χ2v) is 9.50. The number of sulfone groups is 1. The third-order valence-electron chi connectivity index (χ3n) is 2.13. The van der Waals surface area contributed by atoms with Gasteiger partial charge in [0.25, 0.3) is 0 Å². The Morgan fingerprint density at radius 3 is 2.35 bits per heavy atom. The molecule has 1 rings (SSSR count). The minimum Gasteiger partial charge on any atom is -0.480 e. The molecule has 1 heterocycles. The number of rotatable bonds is 4. The summed E-state index contributed by atoms with van der Waals surface area (Å²) in [6.45, 7) is 1.54. The van der Waals surface area contributed by atoms with E-state index < -0.39 is 42.3 Å². The van der Waals surface area contributed by atoms with Crippen LogP contribution in [-0.4, -0.2) is 60.7 Å². The monoisotopic (exact) mass is 303 g/mol. The molecule has 1 N–H and O–H groups in total. The van der Waals surface area contributed by atoms with Crippen molar-refractivity contribution < 1.29 is 26.7 Å². The molecule has 1 aliphatic rings. The van der Waals surface area contributed by atoms with Crippen LogP contribution in [0.1, 0.15) is 6.92 Å². The Balaban J connectivity index is 3.08. The maximum atomic E-state index is 11.8. The fourth-order valence-electron chi connectivity index (χ4n) is 1.56. The second-order valence-electron chi connectivity index (χ2n) is 3.77. The Bertz CT molecular complexity index is 510. The molecule has 0 bridgehead atoms. The lowest BCUT2D eigenvalue weighted by Crippen LogP contribution is -2.46. The molecule has 7 nitrogen and oxygen atoms in total. The van der Waals surface area contributed by atoms with Crippen LogP contribution in [0.15, 0.2) is 0 Å². The molecule has 0 amide bonds. The van der Waals surface area contributed by atoms with Crippen LogP contribution in [0.3, 0.4) is 0 Å². The largest absolute Gasteiger partial charge is 0.480 e. The topological polar surface area (TPSA) is 109 Å². The fourth-order valence-corrected chi connectivity index (χ4v) is 6.95. The molecule has 1 aliphatic heterocycles. The SMILES string of the molecule is CC1SCC(C(=O)O)N1S(=O)(=O)CS(C)(=O)=O. The predicted molar refractivity (Wildman–Crippen MR) is 63.8 cm³/mol. The number of sulfonamides is 1. The van der Waals surface area contributed by atoms with E-state index in [0.29, 0.717) is 0 Å². The van der Waals surface area contributed by atoms with E-state index >= 15 is 0 Å². The summed E-state index contributed by atoms with van der Waals surface area (Å²) in [6.07, 6.45) is 0.800. The normalized spacial score (nSPS) is 27.2. The quantitative estimate of drug-likeness (QED) is 0.721. The number of carbonyl (C=O) groups is 1. The number of hydrogen-bond donors (Lipinski definition) is 1. The molecule has 0 aliphatic carbocycles. The van der Waals surface area contributed by atoms with Gasteiger partial charge < -0.3 is 5.11 Å². The summed E-state index contributed by atoms with van der Waals surface area (Å²) < 4.78 is 46.5. The maximum absolute atomic E-state index is 11.8. The van der Waals surface area contributed by atoms with Gasteiger partial charge in [-0.25, -0.2) is 16.8 Å². The number of aliphatic carboxylic acids is 1. The summed E-state index contributed by atoms with van der Waals surface area (Å²) in [5.74, 6) is -1.14. The van der Waals surface area contributed by atoms with Crippen LogP contribution in [-0.2, 0) is 24.7 Å². The molecule has 0 saturated carbocycles. The van der Waals surface area contributed by atoms with Crippen LogP contribution in [0.2, 0.25) is 0 Å². The van der Waals surface area contributed by atoms with Crippen LogP contribution in [0.4, 0.5) is 0 Å². The van der Waals surface area contributed by atoms with E-state index in [1.54, 1.807) is 0 Å². The van der Waals surface area contributed by atoms with Gasteiger partial charge in [0.2, 0.25) is 10.0 Å². The van der Waals surface area contributed by atoms with Crippen molar-refractivity contribution in [2.45, 2.75) is 18.3 Å². The third kappa shape index (κ3) is 3.57. The van der Waals surface area contributed by atoms with Crippen molar-refractivity contribution in [2.75, 3.05) is 17.1 Å². The summed E-state index contributed by atoms with van der Waals surface area (Å²) >= 11 is 1.17. The molecule has 1 fully saturated rings. The van der Waals surface area contributed by atoms with Crippen molar-refractivity contribution in [1.29, 1.82) is 0 Å². The Morgan fingerprint density at radius 1 is 1.41 bits per heavy atom. The maximum Gasteiger partial charge on any atom is 0.322 e. The van der Waals surface area contributed by atoms with Crippen molar-refractivity contribution in [1.82, 2.24) is 4.31 Å². The van der Waals surface area contributed by atoms with Crippen LogP contribution in [0, 0.1) is 0 Å². The average Bonchev–Trinajstić information content (AvgIpc) is 2.42. The zero-order valence-corrected chi connectivity index (χ0v) is 11.7. The standard InChI is InChI=1S/C7H13NO6S3/c1-5-8(6(3-15-5)7(9)10)17(13,14)4-16(2,11)12/h5-6H,3-4H2,1-2H3,(H,9,10). The van der Waals surface area contributed by atoms with Gasteiger partial charge in [-0.3, -0.25) is 4.79 Å². The number of nitrogens with zero attached hydrogens (tertiary/aromatic N) is 1. The molecule has 1 saturated heterocycles. The van der Waals surface area contributed by atoms with E-state index in [9.17, 15) is 21.6 Å². The van der Waals surface area contributed by atoms with Gasteiger partial charge in [-0.15, -0.1) is 11.8 Å². The highest BCUT2D eigenvalue weighted by molar-refractivity contribution is 8.07. The Labute approximate surface area is 104 Å². The molecule has 0 aromatic carbocycles. The van der Waals surface area contributed by atoms with Crippen molar-refractivity contribution in [3.8, 4) is 0 Å². The summed E-state index contributed by atoms with van der Waals surface area (Å²) in [5, 5.41) is 7.27. The second kappa shape index (κ2) is 4.75. The van der Waals surface area contributed by atoms with Gasteiger partial charge >= 0.3 is 5.97 Å². The lowest BCUT2D eigenvalue weighted by Gasteiger charge is -2.23. The molecular weight excluding hydrogens is 290 g/mol. The van der Waals surface area contributed by atoms with E-state index in [1.807, 2.05) is 0 Å². The van der Waals surface area contributed by atoms with Gasteiger partial charge in [-0.05, 0) is 6.92 Å². The first-order valence-electron chi connectivity index (χ1n) is 4.58. The van der Waals surface area contributed by atoms with Gasteiger partial charge in [0.1, 0.15) is 6.04 Å².